The number of benzene rings is 2. The van der Waals surface area contributed by atoms with Crippen molar-refractivity contribution in [2.24, 2.45) is 4.36 Å². The molecule has 2 aromatic carbocycles. The number of aromatic nitrogens is 1. The molecular weight excluding hydrogens is 338 g/mol. The van der Waals surface area contributed by atoms with Crippen molar-refractivity contribution in [1.82, 2.24) is 4.98 Å². The van der Waals surface area contributed by atoms with Crippen molar-refractivity contribution in [3.8, 4) is 11.5 Å². The summed E-state index contributed by atoms with van der Waals surface area (Å²) in [6.07, 6.45) is 3.30. The summed E-state index contributed by atoms with van der Waals surface area (Å²) in [4.78, 5) is 4.99. The van der Waals surface area contributed by atoms with Crippen LogP contribution in [-0.4, -0.2) is 34.7 Å². The van der Waals surface area contributed by atoms with Crippen LogP contribution in [-0.2, 0) is 9.73 Å². The number of hydrogen-bond donors (Lipinski definition) is 2. The van der Waals surface area contributed by atoms with Gasteiger partial charge in [0, 0.05) is 59.4 Å². The molecule has 1 atom stereocenters. The van der Waals surface area contributed by atoms with E-state index in [-0.39, 0.29) is 5.75 Å². The molecule has 0 aliphatic carbocycles. The molecule has 1 heterocycles. The number of phenols is 1. The van der Waals surface area contributed by atoms with Gasteiger partial charge in [0.1, 0.15) is 11.5 Å². The van der Waals surface area contributed by atoms with Crippen LogP contribution in [0.5, 0.6) is 11.5 Å². The van der Waals surface area contributed by atoms with Gasteiger partial charge < -0.3 is 15.2 Å². The third-order valence-electron chi connectivity index (χ3n) is 3.90. The lowest BCUT2D eigenvalue weighted by molar-refractivity contribution is 0.408. The third kappa shape index (κ3) is 3.51. The molecule has 0 aliphatic rings. The van der Waals surface area contributed by atoms with Crippen LogP contribution in [0.2, 0.25) is 0 Å². The Balaban J connectivity index is 2.12. The quantitative estimate of drug-likeness (QED) is 0.742. The monoisotopic (exact) mass is 357 g/mol. The van der Waals surface area contributed by atoms with Gasteiger partial charge in [0.2, 0.25) is 0 Å². The zero-order valence-electron chi connectivity index (χ0n) is 14.2. The van der Waals surface area contributed by atoms with Crippen LogP contribution in [0.1, 0.15) is 0 Å². The highest BCUT2D eigenvalue weighted by molar-refractivity contribution is 7.93. The summed E-state index contributed by atoms with van der Waals surface area (Å²) in [7, 11) is 0.653. The van der Waals surface area contributed by atoms with Crippen molar-refractivity contribution >= 4 is 32.0 Å². The summed E-state index contributed by atoms with van der Waals surface area (Å²) in [6.45, 7) is 0. The Hall–Kier alpha value is -2.80. The maximum atomic E-state index is 12.5. The lowest BCUT2D eigenvalue weighted by Gasteiger charge is -2.12. The molecule has 0 spiro atoms. The number of methoxy groups -OCH3 is 1. The van der Waals surface area contributed by atoms with Gasteiger partial charge in [0.25, 0.3) is 0 Å². The number of aromatic hydroxyl groups is 1. The van der Waals surface area contributed by atoms with Crippen LogP contribution in [0.4, 0.5) is 11.4 Å². The normalized spacial score (nSPS) is 13.2. The molecule has 3 aromatic rings. The number of pyridine rings is 1. The number of anilines is 2. The van der Waals surface area contributed by atoms with Crippen LogP contribution in [0, 0.1) is 0 Å². The van der Waals surface area contributed by atoms with E-state index in [1.54, 1.807) is 44.8 Å². The Morgan fingerprint density at radius 2 is 2.00 bits per heavy atom. The van der Waals surface area contributed by atoms with Crippen LogP contribution >= 0.6 is 0 Å². The number of phenolic OH excluding ortho intramolecular Hbond substituents is 1. The second-order valence-electron chi connectivity index (χ2n) is 5.57. The van der Waals surface area contributed by atoms with Gasteiger partial charge in [0.15, 0.2) is 0 Å². The third-order valence-corrected chi connectivity index (χ3v) is 5.73. The fourth-order valence-electron chi connectivity index (χ4n) is 2.50. The Morgan fingerprint density at radius 3 is 2.72 bits per heavy atom. The van der Waals surface area contributed by atoms with E-state index in [0.29, 0.717) is 16.3 Å². The summed E-state index contributed by atoms with van der Waals surface area (Å²) in [6, 6.07) is 12.2. The molecule has 0 aliphatic heterocycles. The number of fused-ring (bicyclic) bond motifs is 1. The van der Waals surface area contributed by atoms with Crippen LogP contribution < -0.4 is 10.1 Å². The van der Waals surface area contributed by atoms with Crippen LogP contribution in [0.15, 0.2) is 57.9 Å². The van der Waals surface area contributed by atoms with Gasteiger partial charge in [-0.25, -0.2) is 8.57 Å². The van der Waals surface area contributed by atoms with Crippen molar-refractivity contribution < 1.29 is 14.1 Å². The first-order valence-electron chi connectivity index (χ1n) is 7.57. The molecule has 6 nitrogen and oxygen atoms in total. The number of ether oxygens (including phenoxy) is 1. The summed E-state index contributed by atoms with van der Waals surface area (Å²) >= 11 is 0. The zero-order valence-corrected chi connectivity index (χ0v) is 15.0. The SMILES string of the molecule is CN=S(C)(=O)c1ccc2nccc(Nc3cc(O)cc(OC)c3)c2c1. The first kappa shape index (κ1) is 17.0. The van der Waals surface area contributed by atoms with E-state index in [9.17, 15) is 9.32 Å². The molecule has 130 valence electrons. The van der Waals surface area contributed by atoms with Gasteiger partial charge >= 0.3 is 0 Å². The van der Waals surface area contributed by atoms with E-state index in [4.69, 9.17) is 4.74 Å². The topological polar surface area (TPSA) is 83.8 Å². The van der Waals surface area contributed by atoms with E-state index >= 15 is 0 Å². The highest BCUT2D eigenvalue weighted by Crippen LogP contribution is 2.31. The minimum atomic E-state index is -2.44. The zero-order chi connectivity index (χ0) is 18.0. The van der Waals surface area contributed by atoms with Crippen molar-refractivity contribution in [3.05, 3.63) is 48.7 Å². The van der Waals surface area contributed by atoms with Gasteiger partial charge in [-0.05, 0) is 24.3 Å². The predicted molar refractivity (Wildman–Crippen MR) is 100 cm³/mol. The molecule has 0 saturated carbocycles. The van der Waals surface area contributed by atoms with E-state index < -0.39 is 9.73 Å². The molecule has 7 heteroatoms. The minimum absolute atomic E-state index is 0.0993. The Morgan fingerprint density at radius 1 is 1.20 bits per heavy atom. The lowest BCUT2D eigenvalue weighted by Crippen LogP contribution is -1.99. The second-order valence-corrected chi connectivity index (χ2v) is 8.01. The molecular formula is C18H19N3O3S. The average Bonchev–Trinajstić information content (AvgIpc) is 2.61. The number of nitrogens with zero attached hydrogens (tertiary/aromatic N) is 2. The Labute approximate surface area is 146 Å². The summed E-state index contributed by atoms with van der Waals surface area (Å²) < 4.78 is 21.7. The Kier molecular flexibility index (Phi) is 4.50. The molecule has 0 fully saturated rings. The summed E-state index contributed by atoms with van der Waals surface area (Å²) in [5.41, 5.74) is 2.23. The highest BCUT2D eigenvalue weighted by Gasteiger charge is 2.10. The molecule has 0 bridgehead atoms. The number of rotatable bonds is 4. The summed E-state index contributed by atoms with van der Waals surface area (Å²) in [5.74, 6) is 0.644. The molecule has 1 unspecified atom stereocenters. The molecule has 3 rings (SSSR count). The molecule has 0 amide bonds. The van der Waals surface area contributed by atoms with Gasteiger partial charge in [-0.2, -0.15) is 0 Å². The average molecular weight is 357 g/mol. The van der Waals surface area contributed by atoms with Gasteiger partial charge in [-0.1, -0.05) is 0 Å². The molecule has 2 N–H and O–H groups in total. The van der Waals surface area contributed by atoms with E-state index in [1.807, 2.05) is 18.2 Å². The molecule has 1 aromatic heterocycles. The smallest absolute Gasteiger partial charge is 0.124 e. The lowest BCUT2D eigenvalue weighted by atomic mass is 10.1. The van der Waals surface area contributed by atoms with E-state index in [1.165, 1.54) is 6.07 Å². The predicted octanol–water partition coefficient (Wildman–Crippen LogP) is 3.78. The number of hydrogen-bond acceptors (Lipinski definition) is 6. The standard InChI is InChI=1S/C18H19N3O3S/c1-19-25(3,23)15-4-5-17-16(11-15)18(6-7-20-17)21-12-8-13(22)10-14(9-12)24-2/h4-11,22H,1-3H3,(H,20,21). The fraction of sp³-hybridized carbons (Fsp3) is 0.167. The highest BCUT2D eigenvalue weighted by atomic mass is 32.2. The first-order valence-corrected chi connectivity index (χ1v) is 9.49. The van der Waals surface area contributed by atoms with E-state index in [0.717, 1.165) is 16.6 Å². The van der Waals surface area contributed by atoms with Crippen molar-refractivity contribution in [3.63, 3.8) is 0 Å². The maximum Gasteiger partial charge on any atom is 0.124 e. The Bertz CT molecular complexity index is 1060. The molecule has 25 heavy (non-hydrogen) atoms. The van der Waals surface area contributed by atoms with Crippen molar-refractivity contribution in [2.75, 3.05) is 25.7 Å². The first-order chi connectivity index (χ1) is 11.9. The van der Waals surface area contributed by atoms with E-state index in [2.05, 4.69) is 14.7 Å². The summed E-state index contributed by atoms with van der Waals surface area (Å²) in [5, 5.41) is 13.9. The van der Waals surface area contributed by atoms with Crippen LogP contribution in [0.25, 0.3) is 10.9 Å². The van der Waals surface area contributed by atoms with Crippen molar-refractivity contribution in [1.29, 1.82) is 0 Å². The molecule has 0 saturated heterocycles. The fourth-order valence-corrected chi connectivity index (χ4v) is 3.37. The van der Waals surface area contributed by atoms with Crippen molar-refractivity contribution in [2.45, 2.75) is 4.90 Å². The maximum absolute atomic E-state index is 12.5. The van der Waals surface area contributed by atoms with Gasteiger partial charge in [-0.15, -0.1) is 0 Å². The van der Waals surface area contributed by atoms with Gasteiger partial charge in [-0.3, -0.25) is 4.98 Å². The molecule has 0 radical (unpaired) electrons. The second kappa shape index (κ2) is 6.60. The van der Waals surface area contributed by atoms with Gasteiger partial charge in [0.05, 0.1) is 22.4 Å². The van der Waals surface area contributed by atoms with Crippen LogP contribution in [0.3, 0.4) is 0 Å². The largest absolute Gasteiger partial charge is 0.508 e. The minimum Gasteiger partial charge on any atom is -0.508 e. The number of nitrogens with one attached hydrogen (secondary N) is 1.